The number of amides is 3. The van der Waals surface area contributed by atoms with Crippen molar-refractivity contribution in [3.8, 4) is 33.5 Å². The molecule has 0 saturated carbocycles. The van der Waals surface area contributed by atoms with Crippen LogP contribution in [0, 0.1) is 12.8 Å². The minimum Gasteiger partial charge on any atom is -0.508 e. The van der Waals surface area contributed by atoms with E-state index in [1.165, 1.54) is 4.90 Å². The van der Waals surface area contributed by atoms with E-state index in [9.17, 15) is 24.6 Å². The van der Waals surface area contributed by atoms with Gasteiger partial charge >= 0.3 is 12.1 Å². The number of fused-ring (bicyclic) bond motifs is 6. The molecule has 3 aromatic carbocycles. The minimum absolute atomic E-state index is 0.0420. The predicted octanol–water partition coefficient (Wildman–Crippen LogP) is 9.58. The van der Waals surface area contributed by atoms with Crippen LogP contribution in [0.4, 0.5) is 16.4 Å². The number of hydrogen-bond acceptors (Lipinski definition) is 17. The van der Waals surface area contributed by atoms with Crippen molar-refractivity contribution in [3.05, 3.63) is 101 Å². The number of piperazine rings is 1. The number of aryl methyl sites for hydroxylation is 1. The van der Waals surface area contributed by atoms with Gasteiger partial charge in [0.05, 0.1) is 56.9 Å². The Morgan fingerprint density at radius 3 is 2.40 bits per heavy atom. The molecule has 0 spiro atoms. The number of phenols is 1. The predicted molar refractivity (Wildman–Crippen MR) is 319 cm³/mol. The van der Waals surface area contributed by atoms with Crippen molar-refractivity contribution in [2.24, 2.45) is 5.92 Å². The molecule has 19 nitrogen and oxygen atoms in total. The molecule has 2 bridgehead atoms. The molecule has 436 valence electrons. The number of carbonyl (C=O) groups is 3. The average Bonchev–Trinajstić information content (AvgIpc) is 2.86. The highest BCUT2D eigenvalue weighted by molar-refractivity contribution is 7.13. The molecule has 4 aromatic heterocycles. The third-order valence-electron chi connectivity index (χ3n) is 17.8. The van der Waals surface area contributed by atoms with Crippen molar-refractivity contribution in [1.29, 1.82) is 0 Å². The van der Waals surface area contributed by atoms with Gasteiger partial charge in [-0.3, -0.25) is 24.4 Å². The number of piperidine rings is 1. The fourth-order valence-electron chi connectivity index (χ4n) is 13.5. The van der Waals surface area contributed by atoms with Crippen molar-refractivity contribution < 1.29 is 38.6 Å². The summed E-state index contributed by atoms with van der Waals surface area (Å²) in [6.07, 6.45) is 4.35. The summed E-state index contributed by atoms with van der Waals surface area (Å²) in [5.41, 5.74) is 8.71. The second-order valence-electron chi connectivity index (χ2n) is 24.8. The second-order valence-corrected chi connectivity index (χ2v) is 25.7. The summed E-state index contributed by atoms with van der Waals surface area (Å²) in [5.74, 6) is 0.405. The molecule has 8 heterocycles. The maximum Gasteiger partial charge on any atom is 0.410 e. The highest BCUT2D eigenvalue weighted by atomic mass is 32.1. The van der Waals surface area contributed by atoms with Crippen LogP contribution in [0.1, 0.15) is 127 Å². The molecule has 20 heteroatoms. The summed E-state index contributed by atoms with van der Waals surface area (Å²) in [5, 5.41) is 32.2. The van der Waals surface area contributed by atoms with Crippen LogP contribution in [0.2, 0.25) is 0 Å². The van der Waals surface area contributed by atoms with Gasteiger partial charge in [-0.25, -0.2) is 9.78 Å². The van der Waals surface area contributed by atoms with Crippen LogP contribution in [0.15, 0.2) is 76.9 Å². The summed E-state index contributed by atoms with van der Waals surface area (Å²) in [6, 6.07) is 18.9. The van der Waals surface area contributed by atoms with Gasteiger partial charge in [0.25, 0.3) is 0 Å². The molecule has 4 aliphatic heterocycles. The first-order chi connectivity index (χ1) is 39.8. The SMILES string of the molecule is Cc1ncsc1-c1ccc([C@H](C)NC(=O)[C@@H]2C[C@@H](O)CN2C(=O)[C@@H](c2cc(N(C)C3CCN(CCOc4nc(N5CC6CCC(C5)N6C(=O)OC(C)(C)C)c5cnc6c(c5n4)C(C)c4cccc5cc(O)cc-6c45)CC3)no2)C(C)C)cc1. The Labute approximate surface area is 488 Å². The average molecular weight is 1150 g/mol. The highest BCUT2D eigenvalue weighted by Crippen LogP contribution is 2.49. The maximum absolute atomic E-state index is 14.5. The maximum atomic E-state index is 14.5. The molecular formula is C63H75N11O8S. The van der Waals surface area contributed by atoms with Gasteiger partial charge in [-0.05, 0) is 106 Å². The number of carbonyl (C=O) groups excluding carboxylic acids is 3. The first-order valence-electron chi connectivity index (χ1n) is 29.3. The van der Waals surface area contributed by atoms with Crippen molar-refractivity contribution in [2.45, 2.75) is 141 Å². The Bertz CT molecular complexity index is 3580. The van der Waals surface area contributed by atoms with Crippen LogP contribution in [-0.4, -0.2) is 157 Å². The molecule has 4 saturated heterocycles. The normalized spacial score (nSPS) is 21.6. The standard InChI is InChI=1S/C63H75N11O8S/c1-34(2)52(60(78)73-32-45(76)27-49(73)59(77)66-36(4)38-13-15-39(16-14-38)57-37(5)65-33-83-57)50-28-51(69-82-50)70(9)41-19-21-71(22-20-41)23-24-80-61-67-56-48(58(68-61)72-30-42-17-18-43(31-72)74(42)62(79)81-63(6,7)8)29-64-55-47-26-44(75)25-40-11-10-12-46(54(40)47)35(3)53(55)56/h10-16,25-26,28-29,33-36,41-43,45,49,52,75-76H,17-24,27,30-32H2,1-9H3,(H,66,77)/t35?,36-,42?,43?,45+,49-,52+/m0/s1. The van der Waals surface area contributed by atoms with Gasteiger partial charge in [0.1, 0.15) is 35.7 Å². The lowest BCUT2D eigenvalue weighted by atomic mass is 9.79. The zero-order valence-electron chi connectivity index (χ0n) is 48.8. The molecule has 83 heavy (non-hydrogen) atoms. The van der Waals surface area contributed by atoms with Gasteiger partial charge in [-0.15, -0.1) is 11.3 Å². The third-order valence-corrected chi connectivity index (χ3v) is 18.8. The Hall–Kier alpha value is -7.42. The van der Waals surface area contributed by atoms with Crippen LogP contribution in [0.3, 0.4) is 0 Å². The number of likely N-dealkylation sites (tertiary alicyclic amines) is 2. The first-order valence-corrected chi connectivity index (χ1v) is 30.2. The summed E-state index contributed by atoms with van der Waals surface area (Å²) in [6.45, 7) is 19.6. The fourth-order valence-corrected chi connectivity index (χ4v) is 14.3. The van der Waals surface area contributed by atoms with E-state index in [4.69, 9.17) is 28.9 Å². The van der Waals surface area contributed by atoms with Crippen molar-refractivity contribution in [1.82, 2.24) is 45.1 Å². The molecule has 5 aliphatic rings. The number of phenolic OH excluding ortho intramolecular Hbond substituents is 1. The zero-order chi connectivity index (χ0) is 58.2. The van der Waals surface area contributed by atoms with Crippen LogP contribution in [0.25, 0.3) is 43.4 Å². The Morgan fingerprint density at radius 2 is 1.70 bits per heavy atom. The lowest BCUT2D eigenvalue weighted by Crippen LogP contribution is -2.57. The van der Waals surface area contributed by atoms with Gasteiger partial charge < -0.3 is 44.2 Å². The van der Waals surface area contributed by atoms with Gasteiger partial charge in [-0.2, -0.15) is 9.97 Å². The van der Waals surface area contributed by atoms with Gasteiger partial charge in [0, 0.05) is 88.1 Å². The van der Waals surface area contributed by atoms with E-state index >= 15 is 0 Å². The number of aliphatic hydroxyl groups is 1. The van der Waals surface area contributed by atoms with E-state index < -0.39 is 23.7 Å². The van der Waals surface area contributed by atoms with Crippen LogP contribution >= 0.6 is 11.3 Å². The van der Waals surface area contributed by atoms with E-state index in [1.54, 1.807) is 23.5 Å². The summed E-state index contributed by atoms with van der Waals surface area (Å²) in [4.78, 5) is 73.2. The number of nitrogens with zero attached hydrogens (tertiary/aromatic N) is 10. The lowest BCUT2D eigenvalue weighted by Gasteiger charge is -2.42. The second kappa shape index (κ2) is 22.3. The zero-order valence-corrected chi connectivity index (χ0v) is 49.7. The summed E-state index contributed by atoms with van der Waals surface area (Å²) >= 11 is 1.59. The number of aromatic hydroxyl groups is 1. The quantitative estimate of drug-likeness (QED) is 0.0924. The van der Waals surface area contributed by atoms with Gasteiger partial charge in [0.2, 0.25) is 11.8 Å². The molecule has 3 N–H and O–H groups in total. The van der Waals surface area contributed by atoms with Gasteiger partial charge in [0.15, 0.2) is 11.6 Å². The Kier molecular flexibility index (Phi) is 15.1. The molecule has 0 radical (unpaired) electrons. The number of hydrogen-bond donors (Lipinski definition) is 3. The lowest BCUT2D eigenvalue weighted by molar-refractivity contribution is -0.141. The van der Waals surface area contributed by atoms with E-state index in [1.807, 2.05) is 115 Å². The largest absolute Gasteiger partial charge is 0.508 e. The molecular weight excluding hydrogens is 1070 g/mol. The summed E-state index contributed by atoms with van der Waals surface area (Å²) in [7, 11) is 2.01. The molecule has 4 fully saturated rings. The number of nitrogens with one attached hydrogen (secondary N) is 1. The highest BCUT2D eigenvalue weighted by Gasteiger charge is 2.46. The summed E-state index contributed by atoms with van der Waals surface area (Å²) < 4.78 is 18.5. The van der Waals surface area contributed by atoms with E-state index in [-0.39, 0.29) is 78.6 Å². The Morgan fingerprint density at radius 1 is 0.952 bits per heavy atom. The first kappa shape index (κ1) is 56.1. The minimum atomic E-state index is -0.841. The monoisotopic (exact) mass is 1150 g/mol. The Balaban J connectivity index is 0.707. The van der Waals surface area contributed by atoms with Gasteiger partial charge in [-0.1, -0.05) is 68.4 Å². The van der Waals surface area contributed by atoms with E-state index in [2.05, 4.69) is 43.1 Å². The third kappa shape index (κ3) is 10.8. The smallest absolute Gasteiger partial charge is 0.410 e. The van der Waals surface area contributed by atoms with E-state index in [0.29, 0.717) is 37.8 Å². The fraction of sp³-hybridized carbons (Fsp3) is 0.492. The number of pyridine rings is 1. The molecule has 12 rings (SSSR count). The molecule has 7 atom stereocenters. The van der Waals surface area contributed by atoms with Crippen molar-refractivity contribution in [3.63, 3.8) is 0 Å². The van der Waals surface area contributed by atoms with Crippen molar-refractivity contribution >= 4 is 62.6 Å². The number of benzene rings is 3. The topological polar surface area (TPSA) is 216 Å². The number of aromatic nitrogens is 5. The van der Waals surface area contributed by atoms with Crippen LogP contribution in [0.5, 0.6) is 11.8 Å². The van der Waals surface area contributed by atoms with Crippen molar-refractivity contribution in [2.75, 3.05) is 62.7 Å². The molecule has 3 amide bonds. The number of anilines is 2. The number of β-amino-alcohol motifs (C(OH)–C–C–N with tert-alkyl or cyclic N) is 1. The molecule has 1 aliphatic carbocycles. The number of ether oxygens (including phenoxy) is 2. The van der Waals surface area contributed by atoms with Crippen LogP contribution in [-0.2, 0) is 14.3 Å². The number of aliphatic hydroxyl groups excluding tert-OH is 1. The molecule has 3 unspecified atom stereocenters. The number of rotatable bonds is 14. The van der Waals surface area contributed by atoms with E-state index in [0.717, 1.165) is 110 Å². The van der Waals surface area contributed by atoms with Crippen LogP contribution < -0.4 is 19.9 Å². The molecule has 7 aromatic rings. The number of thiazole rings is 1.